The molecule has 0 saturated heterocycles. The van der Waals surface area contributed by atoms with Crippen molar-refractivity contribution in [2.75, 3.05) is 7.11 Å². The van der Waals surface area contributed by atoms with Crippen LogP contribution < -0.4 is 20.9 Å². The summed E-state index contributed by atoms with van der Waals surface area (Å²) >= 11 is 0. The minimum absolute atomic E-state index is 0.0630. The lowest BCUT2D eigenvalue weighted by atomic mass is 10.1. The zero-order chi connectivity index (χ0) is 18.5. The third-order valence-electron chi connectivity index (χ3n) is 3.54. The van der Waals surface area contributed by atoms with Crippen molar-refractivity contribution in [1.82, 2.24) is 4.98 Å². The van der Waals surface area contributed by atoms with E-state index in [-0.39, 0.29) is 17.5 Å². The molecule has 26 heavy (non-hydrogen) atoms. The van der Waals surface area contributed by atoms with Crippen molar-refractivity contribution in [3.8, 4) is 17.4 Å². The summed E-state index contributed by atoms with van der Waals surface area (Å²) in [6.45, 7) is 0. The molecule has 1 aromatic heterocycles. The molecule has 4 N–H and O–H groups in total. The van der Waals surface area contributed by atoms with Gasteiger partial charge in [0.2, 0.25) is 5.88 Å². The molecule has 0 aliphatic carbocycles. The number of halogens is 1. The van der Waals surface area contributed by atoms with E-state index in [9.17, 15) is 4.39 Å². The number of benzene rings is 2. The summed E-state index contributed by atoms with van der Waals surface area (Å²) in [4.78, 5) is 8.52. The van der Waals surface area contributed by atoms with Gasteiger partial charge in [-0.25, -0.2) is 9.38 Å². The van der Waals surface area contributed by atoms with E-state index in [2.05, 4.69) is 9.98 Å². The minimum atomic E-state index is -0.490. The molecule has 0 radical (unpaired) electrons. The first-order valence-corrected chi connectivity index (χ1v) is 7.74. The summed E-state index contributed by atoms with van der Waals surface area (Å²) < 4.78 is 24.9. The molecule has 0 saturated carbocycles. The molecule has 0 atom stereocenters. The third kappa shape index (κ3) is 3.72. The van der Waals surface area contributed by atoms with Gasteiger partial charge < -0.3 is 20.9 Å². The summed E-state index contributed by atoms with van der Waals surface area (Å²) in [6.07, 6.45) is 2.72. The zero-order valence-electron chi connectivity index (χ0n) is 14.0. The van der Waals surface area contributed by atoms with Gasteiger partial charge in [0.05, 0.1) is 7.11 Å². The number of hydrogen-bond acceptors (Lipinski definition) is 5. The fraction of sp³-hybridized carbons (Fsp3) is 0.0526. The standard InChI is InChI=1S/C19H17FN4O2/c1-25-13-6-7-14-12(10-13)11-18(23-17(22)8-9-21)24-19(14)26-16-5-3-2-4-15(16)20/h2-11H,21H2,1H3,(H2,22,23,24)/b9-8-. The minimum Gasteiger partial charge on any atom is -0.497 e. The summed E-state index contributed by atoms with van der Waals surface area (Å²) in [5.74, 6) is 0.916. The molecule has 132 valence electrons. The van der Waals surface area contributed by atoms with E-state index in [1.807, 2.05) is 0 Å². The molecule has 0 aliphatic rings. The van der Waals surface area contributed by atoms with Crippen molar-refractivity contribution >= 4 is 22.4 Å². The lowest BCUT2D eigenvalue weighted by molar-refractivity contribution is 0.415. The van der Waals surface area contributed by atoms with Crippen LogP contribution in [0.1, 0.15) is 0 Å². The number of aromatic nitrogens is 1. The van der Waals surface area contributed by atoms with Gasteiger partial charge in [-0.3, -0.25) is 0 Å². The normalized spacial score (nSPS) is 11.8. The van der Waals surface area contributed by atoms with Crippen LogP contribution >= 0.6 is 0 Å². The van der Waals surface area contributed by atoms with Crippen LogP contribution in [-0.2, 0) is 0 Å². The molecule has 0 fully saturated rings. The fourth-order valence-electron chi connectivity index (χ4n) is 2.35. The van der Waals surface area contributed by atoms with Crippen molar-refractivity contribution in [3.05, 3.63) is 66.6 Å². The predicted octanol–water partition coefficient (Wildman–Crippen LogP) is 3.64. The second kappa shape index (κ2) is 7.52. The molecule has 0 aliphatic heterocycles. The Hall–Kier alpha value is -3.61. The Kier molecular flexibility index (Phi) is 4.98. The Morgan fingerprint density at radius 1 is 1.19 bits per heavy atom. The average molecular weight is 352 g/mol. The molecule has 1 heterocycles. The van der Waals surface area contributed by atoms with E-state index < -0.39 is 5.82 Å². The molecular formula is C19H17FN4O2. The number of pyridine rings is 1. The molecule has 0 amide bonds. The van der Waals surface area contributed by atoms with Crippen LogP contribution in [0.3, 0.4) is 0 Å². The second-order valence-corrected chi connectivity index (χ2v) is 5.30. The lowest BCUT2D eigenvalue weighted by Gasteiger charge is -2.11. The summed E-state index contributed by atoms with van der Waals surface area (Å²) in [5, 5.41) is 1.44. The van der Waals surface area contributed by atoms with Gasteiger partial charge in [0.15, 0.2) is 17.4 Å². The van der Waals surface area contributed by atoms with Crippen molar-refractivity contribution in [1.29, 1.82) is 0 Å². The van der Waals surface area contributed by atoms with Crippen LogP contribution in [0.2, 0.25) is 0 Å². The Bertz CT molecular complexity index is 1000. The first-order valence-electron chi connectivity index (χ1n) is 7.74. The van der Waals surface area contributed by atoms with Crippen LogP contribution in [0.4, 0.5) is 10.2 Å². The van der Waals surface area contributed by atoms with Crippen LogP contribution in [0.15, 0.2) is 65.8 Å². The van der Waals surface area contributed by atoms with Crippen molar-refractivity contribution in [2.24, 2.45) is 16.5 Å². The second-order valence-electron chi connectivity index (χ2n) is 5.30. The maximum absolute atomic E-state index is 14.0. The number of rotatable bonds is 5. The SMILES string of the molecule is COc1ccc2c(Oc3ccccc3F)nc(N=C(N)/C=C\N)cc2c1. The highest BCUT2D eigenvalue weighted by Gasteiger charge is 2.12. The first-order chi connectivity index (χ1) is 12.6. The number of ether oxygens (including phenoxy) is 2. The molecule has 3 rings (SSSR count). The van der Waals surface area contributed by atoms with Crippen molar-refractivity contribution in [3.63, 3.8) is 0 Å². The monoisotopic (exact) mass is 352 g/mol. The summed E-state index contributed by atoms with van der Waals surface area (Å²) in [6, 6.07) is 13.2. The van der Waals surface area contributed by atoms with Gasteiger partial charge in [-0.15, -0.1) is 0 Å². The molecule has 3 aromatic rings. The van der Waals surface area contributed by atoms with Gasteiger partial charge >= 0.3 is 0 Å². The predicted molar refractivity (Wildman–Crippen MR) is 99.4 cm³/mol. The van der Waals surface area contributed by atoms with Gasteiger partial charge in [0, 0.05) is 5.39 Å². The topological polar surface area (TPSA) is 95.8 Å². The maximum atomic E-state index is 14.0. The largest absolute Gasteiger partial charge is 0.497 e. The molecule has 0 unspecified atom stereocenters. The Balaban J connectivity index is 2.15. The number of fused-ring (bicyclic) bond motifs is 1. The van der Waals surface area contributed by atoms with Gasteiger partial charge in [0.25, 0.3) is 0 Å². The number of methoxy groups -OCH3 is 1. The highest BCUT2D eigenvalue weighted by molar-refractivity contribution is 5.95. The van der Waals surface area contributed by atoms with Crippen LogP contribution in [0, 0.1) is 5.82 Å². The molecule has 2 aromatic carbocycles. The van der Waals surface area contributed by atoms with Gasteiger partial charge in [-0.05, 0) is 54.1 Å². The molecule has 0 spiro atoms. The number of para-hydroxylation sites is 1. The van der Waals surface area contributed by atoms with Crippen LogP contribution in [-0.4, -0.2) is 17.9 Å². The van der Waals surface area contributed by atoms with Gasteiger partial charge in [-0.1, -0.05) is 12.1 Å². The molecule has 6 nitrogen and oxygen atoms in total. The summed E-state index contributed by atoms with van der Waals surface area (Å²) in [5.41, 5.74) is 11.1. The van der Waals surface area contributed by atoms with E-state index in [1.165, 1.54) is 24.4 Å². The quantitative estimate of drug-likeness (QED) is 0.540. The smallest absolute Gasteiger partial charge is 0.229 e. The number of nitrogens with two attached hydrogens (primary N) is 2. The number of hydrogen-bond donors (Lipinski definition) is 2. The molecule has 7 heteroatoms. The highest BCUT2D eigenvalue weighted by atomic mass is 19.1. The van der Waals surface area contributed by atoms with E-state index >= 15 is 0 Å². The van der Waals surface area contributed by atoms with Gasteiger partial charge in [-0.2, -0.15) is 4.98 Å². The fourth-order valence-corrected chi connectivity index (χ4v) is 2.35. The summed E-state index contributed by atoms with van der Waals surface area (Å²) in [7, 11) is 1.57. The number of nitrogens with zero attached hydrogens (tertiary/aromatic N) is 2. The maximum Gasteiger partial charge on any atom is 0.229 e. The lowest BCUT2D eigenvalue weighted by Crippen LogP contribution is -2.08. The van der Waals surface area contributed by atoms with E-state index in [0.29, 0.717) is 17.0 Å². The zero-order valence-corrected chi connectivity index (χ0v) is 14.0. The average Bonchev–Trinajstić information content (AvgIpc) is 2.63. The Labute approximate surface area is 149 Å². The third-order valence-corrected chi connectivity index (χ3v) is 3.54. The molecule has 0 bridgehead atoms. The van der Waals surface area contributed by atoms with E-state index in [4.69, 9.17) is 20.9 Å². The first kappa shape index (κ1) is 17.2. The van der Waals surface area contributed by atoms with Gasteiger partial charge in [0.1, 0.15) is 11.6 Å². The van der Waals surface area contributed by atoms with Crippen LogP contribution in [0.25, 0.3) is 10.8 Å². The van der Waals surface area contributed by atoms with E-state index in [0.717, 1.165) is 5.39 Å². The number of amidine groups is 1. The van der Waals surface area contributed by atoms with Crippen LogP contribution in [0.5, 0.6) is 17.4 Å². The van der Waals surface area contributed by atoms with Crippen molar-refractivity contribution in [2.45, 2.75) is 0 Å². The number of aliphatic imine (C=N–C) groups is 1. The van der Waals surface area contributed by atoms with E-state index in [1.54, 1.807) is 43.5 Å². The Morgan fingerprint density at radius 2 is 2.00 bits per heavy atom. The van der Waals surface area contributed by atoms with Crippen molar-refractivity contribution < 1.29 is 13.9 Å². The molecular weight excluding hydrogens is 335 g/mol. The Morgan fingerprint density at radius 3 is 2.73 bits per heavy atom. The highest BCUT2D eigenvalue weighted by Crippen LogP contribution is 2.34.